The number of ether oxygens (including phenoxy) is 1. The Hall–Kier alpha value is -2.59. The number of aryl methyl sites for hydroxylation is 1. The highest BCUT2D eigenvalue weighted by Crippen LogP contribution is 2.19. The number of nitrogens with zero attached hydrogens (tertiary/aromatic N) is 1. The molecule has 126 valence electrons. The minimum atomic E-state index is -0.142. The van der Waals surface area contributed by atoms with E-state index in [-0.39, 0.29) is 19.1 Å². The van der Waals surface area contributed by atoms with Crippen molar-refractivity contribution in [2.75, 3.05) is 20.3 Å². The second kappa shape index (κ2) is 8.89. The fraction of sp³-hybridized carbons (Fsp3) is 0.250. The van der Waals surface area contributed by atoms with Crippen molar-refractivity contribution in [3.63, 3.8) is 0 Å². The van der Waals surface area contributed by atoms with Gasteiger partial charge in [-0.1, -0.05) is 48.0 Å². The van der Waals surface area contributed by atoms with Gasteiger partial charge in [0.1, 0.15) is 5.75 Å². The quantitative estimate of drug-likeness (QED) is 0.796. The first-order valence-electron chi connectivity index (χ1n) is 7.90. The molecule has 0 radical (unpaired) electrons. The number of para-hydroxylation sites is 1. The summed E-state index contributed by atoms with van der Waals surface area (Å²) in [6.45, 7) is 2.59. The van der Waals surface area contributed by atoms with Crippen molar-refractivity contribution in [1.29, 1.82) is 0 Å². The molecule has 0 heterocycles. The average molecular weight is 325 g/mol. The van der Waals surface area contributed by atoms with Crippen LogP contribution in [0.2, 0.25) is 0 Å². The van der Waals surface area contributed by atoms with Gasteiger partial charge >= 0.3 is 0 Å². The summed E-state index contributed by atoms with van der Waals surface area (Å²) in [4.78, 5) is 14.1. The highest BCUT2D eigenvalue weighted by Gasteiger charge is 2.13. The zero-order valence-corrected chi connectivity index (χ0v) is 14.1. The normalized spacial score (nSPS) is 10.8. The lowest BCUT2D eigenvalue weighted by Gasteiger charge is -2.21. The minimum absolute atomic E-state index is 0.0842. The van der Waals surface area contributed by atoms with Crippen molar-refractivity contribution in [3.8, 4) is 5.75 Å². The molecule has 0 unspecified atom stereocenters. The molecule has 2 aromatic rings. The smallest absolute Gasteiger partial charge is 0.246 e. The van der Waals surface area contributed by atoms with Gasteiger partial charge in [-0.3, -0.25) is 4.79 Å². The van der Waals surface area contributed by atoms with Crippen molar-refractivity contribution < 1.29 is 14.6 Å². The van der Waals surface area contributed by atoms with Crippen molar-refractivity contribution >= 4 is 12.0 Å². The van der Waals surface area contributed by atoms with E-state index in [0.29, 0.717) is 6.54 Å². The van der Waals surface area contributed by atoms with Crippen LogP contribution in [-0.4, -0.2) is 36.2 Å². The second-order valence-electron chi connectivity index (χ2n) is 5.54. The summed E-state index contributed by atoms with van der Waals surface area (Å²) in [6, 6.07) is 15.5. The van der Waals surface area contributed by atoms with Crippen molar-refractivity contribution in [3.05, 3.63) is 71.3 Å². The molecule has 4 heteroatoms. The fourth-order valence-corrected chi connectivity index (χ4v) is 2.47. The Morgan fingerprint density at radius 1 is 1.21 bits per heavy atom. The molecule has 0 aromatic heterocycles. The van der Waals surface area contributed by atoms with Gasteiger partial charge in [0, 0.05) is 24.7 Å². The number of amides is 1. The van der Waals surface area contributed by atoms with Gasteiger partial charge in [0.15, 0.2) is 0 Å². The highest BCUT2D eigenvalue weighted by atomic mass is 16.5. The van der Waals surface area contributed by atoms with Crippen LogP contribution in [0, 0.1) is 6.92 Å². The van der Waals surface area contributed by atoms with E-state index in [1.807, 2.05) is 55.5 Å². The zero-order valence-electron chi connectivity index (χ0n) is 14.1. The van der Waals surface area contributed by atoms with Gasteiger partial charge in [-0.2, -0.15) is 0 Å². The van der Waals surface area contributed by atoms with Gasteiger partial charge in [0.25, 0.3) is 0 Å². The highest BCUT2D eigenvalue weighted by molar-refractivity contribution is 5.91. The number of carbonyl (C=O) groups excluding carboxylic acids is 1. The molecule has 24 heavy (non-hydrogen) atoms. The second-order valence-corrected chi connectivity index (χ2v) is 5.54. The molecule has 0 atom stereocenters. The lowest BCUT2D eigenvalue weighted by atomic mass is 10.1. The molecule has 1 N–H and O–H groups in total. The number of rotatable bonds is 7. The summed E-state index contributed by atoms with van der Waals surface area (Å²) in [5, 5.41) is 9.26. The third kappa shape index (κ3) is 4.96. The van der Waals surface area contributed by atoms with Crippen molar-refractivity contribution in [2.45, 2.75) is 13.5 Å². The molecule has 0 spiro atoms. The van der Waals surface area contributed by atoms with Gasteiger partial charge in [-0.15, -0.1) is 0 Å². The minimum Gasteiger partial charge on any atom is -0.496 e. The molecule has 0 aliphatic rings. The summed E-state index contributed by atoms with van der Waals surface area (Å²) in [7, 11) is 1.61. The first kappa shape index (κ1) is 17.8. The number of benzene rings is 2. The van der Waals surface area contributed by atoms with Crippen LogP contribution in [0.4, 0.5) is 0 Å². The Morgan fingerprint density at radius 3 is 2.71 bits per heavy atom. The van der Waals surface area contributed by atoms with Crippen LogP contribution in [0.15, 0.2) is 54.6 Å². The molecule has 0 bridgehead atoms. The standard InChI is InChI=1S/C20H23NO3/c1-16-6-5-7-17(14-16)10-11-20(23)21(12-13-22)15-18-8-3-4-9-19(18)24-2/h3-11,14,22H,12-13,15H2,1-2H3/b11-10+. The summed E-state index contributed by atoms with van der Waals surface area (Å²) < 4.78 is 5.33. The molecule has 0 fully saturated rings. The fourth-order valence-electron chi connectivity index (χ4n) is 2.47. The summed E-state index contributed by atoms with van der Waals surface area (Å²) in [5.41, 5.74) is 3.03. The molecule has 0 saturated carbocycles. The number of hydrogen-bond donors (Lipinski definition) is 1. The van der Waals surface area contributed by atoms with E-state index in [0.717, 1.165) is 22.4 Å². The van der Waals surface area contributed by atoms with Crippen molar-refractivity contribution in [2.24, 2.45) is 0 Å². The average Bonchev–Trinajstić information content (AvgIpc) is 2.60. The maximum Gasteiger partial charge on any atom is 0.246 e. The lowest BCUT2D eigenvalue weighted by Crippen LogP contribution is -2.31. The van der Waals surface area contributed by atoms with E-state index in [1.54, 1.807) is 24.2 Å². The predicted molar refractivity (Wildman–Crippen MR) is 95.7 cm³/mol. The van der Waals surface area contributed by atoms with Crippen LogP contribution in [0.5, 0.6) is 5.75 Å². The van der Waals surface area contributed by atoms with Gasteiger partial charge in [-0.25, -0.2) is 0 Å². The van der Waals surface area contributed by atoms with Gasteiger partial charge < -0.3 is 14.7 Å². The number of aliphatic hydroxyl groups is 1. The Morgan fingerprint density at radius 2 is 2.00 bits per heavy atom. The number of methoxy groups -OCH3 is 1. The van der Waals surface area contributed by atoms with Gasteiger partial charge in [0.2, 0.25) is 5.91 Å². The molecule has 2 rings (SSSR count). The number of hydrogen-bond acceptors (Lipinski definition) is 3. The third-order valence-corrected chi connectivity index (χ3v) is 3.70. The van der Waals surface area contributed by atoms with Crippen LogP contribution in [0.3, 0.4) is 0 Å². The van der Waals surface area contributed by atoms with E-state index in [1.165, 1.54) is 0 Å². The summed E-state index contributed by atoms with van der Waals surface area (Å²) >= 11 is 0. The molecular formula is C20H23NO3. The molecule has 2 aromatic carbocycles. The number of carbonyl (C=O) groups is 1. The summed E-state index contributed by atoms with van der Waals surface area (Å²) in [5.74, 6) is 0.590. The monoisotopic (exact) mass is 325 g/mol. The van der Waals surface area contributed by atoms with Gasteiger partial charge in [0.05, 0.1) is 13.7 Å². The number of aliphatic hydroxyl groups excluding tert-OH is 1. The van der Waals surface area contributed by atoms with Crippen LogP contribution < -0.4 is 4.74 Å². The lowest BCUT2D eigenvalue weighted by molar-refractivity contribution is -0.127. The first-order chi connectivity index (χ1) is 11.6. The van der Waals surface area contributed by atoms with Crippen LogP contribution >= 0.6 is 0 Å². The van der Waals surface area contributed by atoms with E-state index in [4.69, 9.17) is 4.74 Å². The van der Waals surface area contributed by atoms with Crippen molar-refractivity contribution in [1.82, 2.24) is 4.90 Å². The van der Waals surface area contributed by atoms with E-state index < -0.39 is 0 Å². The Labute approximate surface area is 143 Å². The topological polar surface area (TPSA) is 49.8 Å². The van der Waals surface area contributed by atoms with E-state index in [9.17, 15) is 9.90 Å². The molecule has 0 saturated heterocycles. The van der Waals surface area contributed by atoms with Crippen LogP contribution in [-0.2, 0) is 11.3 Å². The van der Waals surface area contributed by atoms with E-state index >= 15 is 0 Å². The summed E-state index contributed by atoms with van der Waals surface area (Å²) in [6.07, 6.45) is 3.34. The molecule has 4 nitrogen and oxygen atoms in total. The Bertz CT molecular complexity index is 710. The molecule has 1 amide bonds. The maximum absolute atomic E-state index is 12.5. The maximum atomic E-state index is 12.5. The SMILES string of the molecule is COc1ccccc1CN(CCO)C(=O)/C=C/c1cccc(C)c1. The predicted octanol–water partition coefficient (Wildman–Crippen LogP) is 3.04. The van der Waals surface area contributed by atoms with Gasteiger partial charge in [-0.05, 0) is 24.6 Å². The van der Waals surface area contributed by atoms with Crippen LogP contribution in [0.25, 0.3) is 6.08 Å². The molecule has 0 aliphatic heterocycles. The zero-order chi connectivity index (χ0) is 17.4. The Balaban J connectivity index is 2.13. The molecule has 0 aliphatic carbocycles. The van der Waals surface area contributed by atoms with E-state index in [2.05, 4.69) is 0 Å². The van der Waals surface area contributed by atoms with Crippen LogP contribution in [0.1, 0.15) is 16.7 Å². The first-order valence-corrected chi connectivity index (χ1v) is 7.90. The Kier molecular flexibility index (Phi) is 6.58. The molecular weight excluding hydrogens is 302 g/mol. The third-order valence-electron chi connectivity index (χ3n) is 3.70. The largest absolute Gasteiger partial charge is 0.496 e.